The van der Waals surface area contributed by atoms with E-state index in [4.69, 9.17) is 0 Å². The molecular weight excluding hydrogens is 234 g/mol. The third-order valence-electron chi connectivity index (χ3n) is 1.47. The molecule has 0 bridgehead atoms. The summed E-state index contributed by atoms with van der Waals surface area (Å²) >= 11 is 3.32. The summed E-state index contributed by atoms with van der Waals surface area (Å²) in [5.41, 5.74) is 0.850. The van der Waals surface area contributed by atoms with Crippen molar-refractivity contribution in [2.45, 2.75) is 0 Å². The van der Waals surface area contributed by atoms with E-state index in [0.29, 0.717) is 5.82 Å². The molecule has 0 saturated carbocycles. The molecule has 0 aliphatic carbocycles. The summed E-state index contributed by atoms with van der Waals surface area (Å²) in [5, 5.41) is 11.7. The van der Waals surface area contributed by atoms with Crippen LogP contribution in [0.5, 0.6) is 0 Å². The lowest BCUT2D eigenvalue weighted by Crippen LogP contribution is -1.91. The third kappa shape index (κ3) is 1.72. The first kappa shape index (κ1) is 8.31. The van der Waals surface area contributed by atoms with E-state index in [9.17, 15) is 0 Å². The average Bonchev–Trinajstić information content (AvgIpc) is 2.52. The molecule has 0 aliphatic rings. The maximum Gasteiger partial charge on any atom is 0.206 e. The van der Waals surface area contributed by atoms with Gasteiger partial charge in [-0.15, -0.1) is 10.2 Å². The summed E-state index contributed by atoms with van der Waals surface area (Å²) in [6.45, 7) is 0. The molecule has 0 radical (unpaired) electrons. The SMILES string of the molecule is Cn1nnc(-c2cncc(Br)c2)n1. The molecule has 2 rings (SSSR count). The Labute approximate surface area is 82.9 Å². The fourth-order valence-electron chi connectivity index (χ4n) is 0.934. The fourth-order valence-corrected chi connectivity index (χ4v) is 1.30. The Morgan fingerprint density at radius 3 is 2.85 bits per heavy atom. The van der Waals surface area contributed by atoms with Crippen LogP contribution >= 0.6 is 15.9 Å². The first-order valence-corrected chi connectivity index (χ1v) is 4.40. The van der Waals surface area contributed by atoms with Crippen molar-refractivity contribution in [2.24, 2.45) is 7.05 Å². The molecular formula is C7H6BrN5. The van der Waals surface area contributed by atoms with Gasteiger partial charge in [-0.25, -0.2) is 0 Å². The van der Waals surface area contributed by atoms with Gasteiger partial charge in [0.05, 0.1) is 7.05 Å². The second-order valence-electron chi connectivity index (χ2n) is 2.49. The van der Waals surface area contributed by atoms with Crippen LogP contribution in [0.15, 0.2) is 22.9 Å². The number of hydrogen-bond donors (Lipinski definition) is 0. The van der Waals surface area contributed by atoms with Crippen LogP contribution in [0.1, 0.15) is 0 Å². The van der Waals surface area contributed by atoms with E-state index < -0.39 is 0 Å². The highest BCUT2D eigenvalue weighted by Gasteiger charge is 2.04. The van der Waals surface area contributed by atoms with Gasteiger partial charge in [-0.2, -0.15) is 4.80 Å². The molecule has 0 N–H and O–H groups in total. The van der Waals surface area contributed by atoms with Crippen molar-refractivity contribution in [1.82, 2.24) is 25.2 Å². The Bertz CT molecular complexity index is 424. The largest absolute Gasteiger partial charge is 0.263 e. The van der Waals surface area contributed by atoms with Crippen molar-refractivity contribution in [3.8, 4) is 11.4 Å². The number of pyridine rings is 1. The van der Waals surface area contributed by atoms with Crippen LogP contribution in [0.3, 0.4) is 0 Å². The summed E-state index contributed by atoms with van der Waals surface area (Å²) in [4.78, 5) is 5.42. The van der Waals surface area contributed by atoms with E-state index in [1.807, 2.05) is 6.07 Å². The lowest BCUT2D eigenvalue weighted by Gasteiger charge is -1.93. The first-order valence-electron chi connectivity index (χ1n) is 3.60. The second kappa shape index (κ2) is 3.21. The van der Waals surface area contributed by atoms with Crippen LogP contribution in [-0.4, -0.2) is 25.2 Å². The van der Waals surface area contributed by atoms with Gasteiger partial charge in [0.2, 0.25) is 5.82 Å². The lowest BCUT2D eigenvalue weighted by atomic mass is 10.3. The van der Waals surface area contributed by atoms with Crippen molar-refractivity contribution in [2.75, 3.05) is 0 Å². The number of tetrazole rings is 1. The van der Waals surface area contributed by atoms with Crippen LogP contribution in [0, 0.1) is 0 Å². The summed E-state index contributed by atoms with van der Waals surface area (Å²) in [6.07, 6.45) is 3.40. The maximum absolute atomic E-state index is 4.06. The average molecular weight is 240 g/mol. The van der Waals surface area contributed by atoms with E-state index in [2.05, 4.69) is 36.3 Å². The highest BCUT2D eigenvalue weighted by molar-refractivity contribution is 9.10. The highest BCUT2D eigenvalue weighted by atomic mass is 79.9. The molecule has 0 saturated heterocycles. The second-order valence-corrected chi connectivity index (χ2v) is 3.41. The monoisotopic (exact) mass is 239 g/mol. The molecule has 13 heavy (non-hydrogen) atoms. The standard InChI is InChI=1S/C7H6BrN5/c1-13-11-7(10-12-13)5-2-6(8)4-9-3-5/h2-4H,1H3. The number of aromatic nitrogens is 5. The summed E-state index contributed by atoms with van der Waals surface area (Å²) in [5.74, 6) is 0.580. The molecule has 0 unspecified atom stereocenters. The minimum Gasteiger partial charge on any atom is -0.263 e. The van der Waals surface area contributed by atoms with Crippen LogP contribution < -0.4 is 0 Å². The molecule has 2 aromatic heterocycles. The predicted octanol–water partition coefficient (Wildman–Crippen LogP) is 1.03. The van der Waals surface area contributed by atoms with E-state index in [1.54, 1.807) is 19.4 Å². The minimum atomic E-state index is 0.580. The maximum atomic E-state index is 4.06. The number of hydrogen-bond acceptors (Lipinski definition) is 4. The van der Waals surface area contributed by atoms with Crippen LogP contribution in [0.2, 0.25) is 0 Å². The fraction of sp³-hybridized carbons (Fsp3) is 0.143. The molecule has 0 aromatic carbocycles. The van der Waals surface area contributed by atoms with Gasteiger partial charge in [0.1, 0.15) is 0 Å². The molecule has 0 fully saturated rings. The summed E-state index contributed by atoms with van der Waals surface area (Å²) in [7, 11) is 1.72. The van der Waals surface area contributed by atoms with E-state index >= 15 is 0 Å². The van der Waals surface area contributed by atoms with Crippen LogP contribution in [0.25, 0.3) is 11.4 Å². The molecule has 0 spiro atoms. The Balaban J connectivity index is 2.46. The first-order chi connectivity index (χ1) is 6.25. The van der Waals surface area contributed by atoms with E-state index in [1.165, 1.54) is 4.80 Å². The van der Waals surface area contributed by atoms with Crippen molar-refractivity contribution in [3.63, 3.8) is 0 Å². The Morgan fingerprint density at radius 1 is 1.38 bits per heavy atom. The van der Waals surface area contributed by atoms with Gasteiger partial charge in [0.25, 0.3) is 0 Å². The topological polar surface area (TPSA) is 56.5 Å². The van der Waals surface area contributed by atoms with E-state index in [-0.39, 0.29) is 0 Å². The molecule has 5 nitrogen and oxygen atoms in total. The number of rotatable bonds is 1. The minimum absolute atomic E-state index is 0.580. The van der Waals surface area contributed by atoms with Gasteiger partial charge in [-0.1, -0.05) is 0 Å². The third-order valence-corrected chi connectivity index (χ3v) is 1.91. The van der Waals surface area contributed by atoms with Crippen LogP contribution in [0.4, 0.5) is 0 Å². The quantitative estimate of drug-likeness (QED) is 0.747. The number of aryl methyl sites for hydroxylation is 1. The molecule has 2 heterocycles. The Morgan fingerprint density at radius 2 is 2.23 bits per heavy atom. The highest BCUT2D eigenvalue weighted by Crippen LogP contribution is 2.16. The molecule has 6 heteroatoms. The van der Waals surface area contributed by atoms with Crippen molar-refractivity contribution >= 4 is 15.9 Å². The number of halogens is 1. The van der Waals surface area contributed by atoms with Crippen molar-refractivity contribution in [1.29, 1.82) is 0 Å². The number of nitrogens with zero attached hydrogens (tertiary/aromatic N) is 5. The lowest BCUT2D eigenvalue weighted by molar-refractivity contribution is 0.630. The smallest absolute Gasteiger partial charge is 0.206 e. The molecule has 2 aromatic rings. The zero-order valence-electron chi connectivity index (χ0n) is 6.85. The predicted molar refractivity (Wildman–Crippen MR) is 49.7 cm³/mol. The van der Waals surface area contributed by atoms with E-state index in [0.717, 1.165) is 10.0 Å². The van der Waals surface area contributed by atoms with Gasteiger partial charge in [0.15, 0.2) is 0 Å². The van der Waals surface area contributed by atoms with Gasteiger partial charge < -0.3 is 0 Å². The zero-order chi connectivity index (χ0) is 9.26. The molecule has 0 atom stereocenters. The zero-order valence-corrected chi connectivity index (χ0v) is 8.43. The van der Waals surface area contributed by atoms with Gasteiger partial charge in [-0.3, -0.25) is 4.98 Å². The normalized spacial score (nSPS) is 10.3. The van der Waals surface area contributed by atoms with Crippen molar-refractivity contribution in [3.05, 3.63) is 22.9 Å². The Kier molecular flexibility index (Phi) is 2.05. The molecule has 66 valence electrons. The summed E-state index contributed by atoms with van der Waals surface area (Å²) in [6, 6.07) is 1.89. The van der Waals surface area contributed by atoms with Gasteiger partial charge >= 0.3 is 0 Å². The van der Waals surface area contributed by atoms with Gasteiger partial charge in [0, 0.05) is 22.4 Å². The Hall–Kier alpha value is -1.30. The van der Waals surface area contributed by atoms with Gasteiger partial charge in [-0.05, 0) is 27.2 Å². The van der Waals surface area contributed by atoms with Crippen LogP contribution in [-0.2, 0) is 7.05 Å². The molecule has 0 aliphatic heterocycles. The summed E-state index contributed by atoms with van der Waals surface area (Å²) < 4.78 is 0.900. The molecule has 0 amide bonds. The van der Waals surface area contributed by atoms with Crippen molar-refractivity contribution < 1.29 is 0 Å².